The van der Waals surface area contributed by atoms with Crippen molar-refractivity contribution in [3.8, 4) is 17.2 Å². The summed E-state index contributed by atoms with van der Waals surface area (Å²) >= 11 is 0. The highest BCUT2D eigenvalue weighted by Gasteiger charge is 2.27. The summed E-state index contributed by atoms with van der Waals surface area (Å²) < 4.78 is 20.7. The highest BCUT2D eigenvalue weighted by Crippen LogP contribution is 2.37. The molecule has 8 nitrogen and oxygen atoms in total. The summed E-state index contributed by atoms with van der Waals surface area (Å²) in [6.07, 6.45) is 1.95. The van der Waals surface area contributed by atoms with Crippen molar-refractivity contribution in [3.05, 3.63) is 86.8 Å². The van der Waals surface area contributed by atoms with Gasteiger partial charge in [0.05, 0.1) is 17.6 Å². The van der Waals surface area contributed by atoms with Crippen LogP contribution in [-0.4, -0.2) is 27.0 Å². The number of carboxylic acid groups (broad SMARTS) is 1. The van der Waals surface area contributed by atoms with Crippen LogP contribution in [0.3, 0.4) is 0 Å². The van der Waals surface area contributed by atoms with Gasteiger partial charge >= 0.3 is 11.7 Å². The zero-order valence-corrected chi connectivity index (χ0v) is 22.8. The first kappa shape index (κ1) is 26.4. The van der Waals surface area contributed by atoms with Crippen LogP contribution in [0.15, 0.2) is 53.3 Å². The van der Waals surface area contributed by atoms with Gasteiger partial charge in [0.2, 0.25) is 12.9 Å². The van der Waals surface area contributed by atoms with Crippen molar-refractivity contribution < 1.29 is 24.1 Å². The van der Waals surface area contributed by atoms with Gasteiger partial charge in [-0.2, -0.15) is 0 Å². The molecular formula is C31H34N2O6. The average molecular weight is 531 g/mol. The number of aliphatic carboxylic acids is 1. The Bertz CT molecular complexity index is 1570. The van der Waals surface area contributed by atoms with Crippen molar-refractivity contribution in [2.75, 3.05) is 6.79 Å². The SMILES string of the molecule is CCCc1cc(Cn2c(=O)n(C)c3ccc(C)cc32)cc(CCC)c1OC(C(=O)O)c1ccc2c(c1)OCO2. The average Bonchev–Trinajstić information content (AvgIpc) is 3.46. The Kier molecular flexibility index (Phi) is 7.37. The number of carbonyl (C=O) groups is 1. The minimum atomic E-state index is -1.21. The van der Waals surface area contributed by atoms with Crippen LogP contribution in [0.4, 0.5) is 0 Å². The van der Waals surface area contributed by atoms with E-state index in [-0.39, 0.29) is 12.5 Å². The molecule has 0 fully saturated rings. The van der Waals surface area contributed by atoms with E-state index < -0.39 is 12.1 Å². The molecule has 1 aromatic heterocycles. The van der Waals surface area contributed by atoms with E-state index in [1.54, 1.807) is 34.4 Å². The van der Waals surface area contributed by atoms with Crippen molar-refractivity contribution in [1.29, 1.82) is 0 Å². The second-order valence-electron chi connectivity index (χ2n) is 10.1. The predicted molar refractivity (Wildman–Crippen MR) is 149 cm³/mol. The smallest absolute Gasteiger partial charge is 0.349 e. The van der Waals surface area contributed by atoms with Crippen molar-refractivity contribution in [2.45, 2.75) is 59.1 Å². The molecule has 39 heavy (non-hydrogen) atoms. The van der Waals surface area contributed by atoms with Crippen LogP contribution < -0.4 is 19.9 Å². The Hall–Kier alpha value is -4.20. The van der Waals surface area contributed by atoms with Crippen molar-refractivity contribution in [2.24, 2.45) is 7.05 Å². The zero-order chi connectivity index (χ0) is 27.7. The van der Waals surface area contributed by atoms with E-state index >= 15 is 0 Å². The minimum absolute atomic E-state index is 0.0706. The number of carboxylic acids is 1. The molecule has 0 radical (unpaired) electrons. The molecule has 0 spiro atoms. The normalized spacial score (nSPS) is 13.1. The van der Waals surface area contributed by atoms with Gasteiger partial charge < -0.3 is 19.3 Å². The quantitative estimate of drug-likeness (QED) is 0.290. The van der Waals surface area contributed by atoms with Gasteiger partial charge in [-0.3, -0.25) is 9.13 Å². The number of rotatable bonds is 10. The van der Waals surface area contributed by atoms with Gasteiger partial charge in [0.1, 0.15) is 5.75 Å². The molecule has 2 heterocycles. The largest absolute Gasteiger partial charge is 0.478 e. The Labute approximate surface area is 227 Å². The number of nitrogens with zero attached hydrogens (tertiary/aromatic N) is 2. The highest BCUT2D eigenvalue weighted by molar-refractivity contribution is 5.77. The molecule has 4 aromatic rings. The molecule has 0 aliphatic carbocycles. The second kappa shape index (κ2) is 10.9. The number of benzene rings is 3. The highest BCUT2D eigenvalue weighted by atomic mass is 16.7. The summed E-state index contributed by atoms with van der Waals surface area (Å²) in [5, 5.41) is 10.1. The minimum Gasteiger partial charge on any atom is -0.478 e. The maximum Gasteiger partial charge on any atom is 0.349 e. The Morgan fingerprint density at radius 3 is 2.33 bits per heavy atom. The van der Waals surface area contributed by atoms with Gasteiger partial charge in [-0.1, -0.05) is 51.0 Å². The number of fused-ring (bicyclic) bond motifs is 2. The third-order valence-electron chi connectivity index (χ3n) is 7.14. The van der Waals surface area contributed by atoms with Gasteiger partial charge in [-0.15, -0.1) is 0 Å². The third kappa shape index (κ3) is 5.11. The van der Waals surface area contributed by atoms with Crippen LogP contribution in [0.25, 0.3) is 11.0 Å². The number of hydrogen-bond donors (Lipinski definition) is 1. The number of hydrogen-bond acceptors (Lipinski definition) is 5. The molecule has 8 heteroatoms. The van der Waals surface area contributed by atoms with Crippen LogP contribution in [-0.2, 0) is 31.2 Å². The first-order valence-corrected chi connectivity index (χ1v) is 13.4. The van der Waals surface area contributed by atoms with Crippen LogP contribution in [0.2, 0.25) is 0 Å². The maximum atomic E-state index is 13.2. The van der Waals surface area contributed by atoms with Crippen molar-refractivity contribution in [1.82, 2.24) is 9.13 Å². The van der Waals surface area contributed by atoms with E-state index in [0.717, 1.165) is 59.0 Å². The van der Waals surface area contributed by atoms with E-state index in [0.29, 0.717) is 29.4 Å². The molecule has 0 bridgehead atoms. The Balaban J connectivity index is 1.56. The van der Waals surface area contributed by atoms with Crippen LogP contribution in [0, 0.1) is 6.92 Å². The lowest BCUT2D eigenvalue weighted by molar-refractivity contribution is -0.145. The van der Waals surface area contributed by atoms with Gasteiger partial charge in [0.25, 0.3) is 0 Å². The molecule has 1 atom stereocenters. The van der Waals surface area contributed by atoms with Crippen LogP contribution in [0.5, 0.6) is 17.2 Å². The lowest BCUT2D eigenvalue weighted by Gasteiger charge is -2.22. The number of imidazole rings is 1. The molecular weight excluding hydrogens is 496 g/mol. The molecule has 0 saturated heterocycles. The molecule has 1 unspecified atom stereocenters. The third-order valence-corrected chi connectivity index (χ3v) is 7.14. The summed E-state index contributed by atoms with van der Waals surface area (Å²) in [6.45, 7) is 6.71. The first-order chi connectivity index (χ1) is 18.8. The monoisotopic (exact) mass is 530 g/mol. The summed E-state index contributed by atoms with van der Waals surface area (Å²) in [6, 6.07) is 15.2. The summed E-state index contributed by atoms with van der Waals surface area (Å²) in [7, 11) is 1.79. The fourth-order valence-corrected chi connectivity index (χ4v) is 5.29. The van der Waals surface area contributed by atoms with E-state index in [1.807, 2.05) is 25.1 Å². The number of ether oxygens (including phenoxy) is 3. The standard InChI is InChI=1S/C31H34N2O6/c1-5-7-21-14-20(17-33-25-13-19(3)9-11-24(25)32(4)31(33)36)15-22(8-6-2)28(21)39-29(30(34)35)23-10-12-26-27(16-23)38-18-37-26/h9-16,29H,5-8,17-18H2,1-4H3,(H,34,35). The molecule has 3 aromatic carbocycles. The van der Waals surface area contributed by atoms with Gasteiger partial charge in [0, 0.05) is 12.6 Å². The van der Waals surface area contributed by atoms with E-state index in [1.165, 1.54) is 0 Å². The van der Waals surface area contributed by atoms with Crippen LogP contribution >= 0.6 is 0 Å². The lowest BCUT2D eigenvalue weighted by Crippen LogP contribution is -2.23. The first-order valence-electron chi connectivity index (χ1n) is 13.4. The molecule has 0 saturated carbocycles. The van der Waals surface area contributed by atoms with Gasteiger partial charge in [0.15, 0.2) is 11.5 Å². The lowest BCUT2D eigenvalue weighted by atomic mass is 9.97. The number of aromatic nitrogens is 2. The molecule has 204 valence electrons. The van der Waals surface area contributed by atoms with Crippen molar-refractivity contribution in [3.63, 3.8) is 0 Å². The second-order valence-corrected chi connectivity index (χ2v) is 10.1. The van der Waals surface area contributed by atoms with E-state index in [4.69, 9.17) is 14.2 Å². The summed E-state index contributed by atoms with van der Waals surface area (Å²) in [5.41, 5.74) is 6.15. The van der Waals surface area contributed by atoms with E-state index in [9.17, 15) is 14.7 Å². The Morgan fingerprint density at radius 1 is 0.974 bits per heavy atom. The van der Waals surface area contributed by atoms with Crippen molar-refractivity contribution >= 4 is 17.0 Å². The fraction of sp³-hybridized carbons (Fsp3) is 0.355. The molecule has 1 aliphatic rings. The molecule has 5 rings (SSSR count). The summed E-state index contributed by atoms with van der Waals surface area (Å²) in [4.78, 5) is 25.6. The van der Waals surface area contributed by atoms with Crippen LogP contribution in [0.1, 0.15) is 60.6 Å². The van der Waals surface area contributed by atoms with Gasteiger partial charge in [-0.05, 0) is 66.3 Å². The molecule has 0 amide bonds. The summed E-state index contributed by atoms with van der Waals surface area (Å²) in [5.74, 6) is 0.620. The fourth-order valence-electron chi connectivity index (χ4n) is 5.29. The zero-order valence-electron chi connectivity index (χ0n) is 22.8. The maximum absolute atomic E-state index is 13.2. The molecule has 1 N–H and O–H groups in total. The molecule has 1 aliphatic heterocycles. The Morgan fingerprint density at radius 2 is 1.67 bits per heavy atom. The van der Waals surface area contributed by atoms with E-state index in [2.05, 4.69) is 26.0 Å². The topological polar surface area (TPSA) is 91.9 Å². The van der Waals surface area contributed by atoms with Gasteiger partial charge in [-0.25, -0.2) is 9.59 Å². The predicted octanol–water partition coefficient (Wildman–Crippen LogP) is 5.54. The number of aryl methyl sites for hydroxylation is 4.